The number of nitrogens with one attached hydrogen (secondary N) is 2. The van der Waals surface area contributed by atoms with Crippen LogP contribution in [0.2, 0.25) is 5.02 Å². The molecule has 0 bridgehead atoms. The van der Waals surface area contributed by atoms with Gasteiger partial charge in [-0.3, -0.25) is 9.52 Å². The second-order valence-corrected chi connectivity index (χ2v) is 6.97. The maximum absolute atomic E-state index is 12.8. The predicted molar refractivity (Wildman–Crippen MR) is 87.1 cm³/mol. The molecule has 0 aliphatic carbocycles. The summed E-state index contributed by atoms with van der Waals surface area (Å²) < 4.78 is 65.3. The number of halogens is 4. The lowest BCUT2D eigenvalue weighted by atomic mass is 10.2. The Hall–Kier alpha value is -2.26. The summed E-state index contributed by atoms with van der Waals surface area (Å²) in [6.45, 7) is 0. The molecule has 2 N–H and O–H groups in total. The zero-order valence-corrected chi connectivity index (χ0v) is 14.3. The Morgan fingerprint density at radius 3 is 2.40 bits per heavy atom. The smallest absolute Gasteiger partial charge is 0.355 e. The molecule has 0 radical (unpaired) electrons. The third-order valence-electron chi connectivity index (χ3n) is 3.15. The van der Waals surface area contributed by atoms with Gasteiger partial charge < -0.3 is 5.32 Å². The molecular weight excluding hydrogens is 381 g/mol. The van der Waals surface area contributed by atoms with Gasteiger partial charge in [0.05, 0.1) is 10.6 Å². The fraction of sp³-hybridized carbons (Fsp3) is 0.133. The quantitative estimate of drug-likeness (QED) is 0.836. The molecule has 0 atom stereocenters. The van der Waals surface area contributed by atoms with E-state index < -0.39 is 32.6 Å². The number of sulfonamides is 1. The average Bonchev–Trinajstić information content (AvgIpc) is 2.53. The van der Waals surface area contributed by atoms with Crippen molar-refractivity contribution in [3.8, 4) is 0 Å². The SMILES string of the molecule is CNC(=O)c1cccc(NS(=O)(=O)c2cc(C(F)(F)F)ccc2Cl)c1. The number of alkyl halides is 3. The van der Waals surface area contributed by atoms with Crippen LogP contribution in [0.15, 0.2) is 47.4 Å². The lowest BCUT2D eigenvalue weighted by Gasteiger charge is -2.13. The van der Waals surface area contributed by atoms with Crippen LogP contribution in [-0.4, -0.2) is 21.4 Å². The van der Waals surface area contributed by atoms with Crippen molar-refractivity contribution in [1.29, 1.82) is 0 Å². The third kappa shape index (κ3) is 4.43. The van der Waals surface area contributed by atoms with Crippen molar-refractivity contribution in [2.24, 2.45) is 0 Å². The van der Waals surface area contributed by atoms with Crippen LogP contribution in [0.5, 0.6) is 0 Å². The van der Waals surface area contributed by atoms with Gasteiger partial charge in [0.1, 0.15) is 4.90 Å². The summed E-state index contributed by atoms with van der Waals surface area (Å²) in [5.41, 5.74) is -0.955. The Bertz CT molecular complexity index is 914. The number of rotatable bonds is 4. The van der Waals surface area contributed by atoms with Gasteiger partial charge in [0.2, 0.25) is 0 Å². The second-order valence-electron chi connectivity index (χ2n) is 4.91. The Labute approximate surface area is 146 Å². The Balaban J connectivity index is 2.42. The van der Waals surface area contributed by atoms with Gasteiger partial charge in [-0.1, -0.05) is 17.7 Å². The molecule has 0 aliphatic heterocycles. The molecule has 134 valence electrons. The molecule has 2 aromatic rings. The first-order valence-electron chi connectivity index (χ1n) is 6.76. The molecule has 2 rings (SSSR count). The van der Waals surface area contributed by atoms with Gasteiger partial charge in [-0.25, -0.2) is 8.42 Å². The average molecular weight is 393 g/mol. The van der Waals surface area contributed by atoms with E-state index in [9.17, 15) is 26.4 Å². The Kier molecular flexibility index (Phi) is 5.28. The summed E-state index contributed by atoms with van der Waals surface area (Å²) in [7, 11) is -2.99. The summed E-state index contributed by atoms with van der Waals surface area (Å²) in [6, 6.07) is 7.48. The lowest BCUT2D eigenvalue weighted by Crippen LogP contribution is -2.19. The van der Waals surface area contributed by atoms with E-state index in [4.69, 9.17) is 11.6 Å². The molecule has 0 spiro atoms. The van der Waals surface area contributed by atoms with Crippen LogP contribution >= 0.6 is 11.6 Å². The fourth-order valence-electron chi connectivity index (χ4n) is 1.96. The molecule has 10 heteroatoms. The van der Waals surface area contributed by atoms with Crippen LogP contribution in [0.4, 0.5) is 18.9 Å². The van der Waals surface area contributed by atoms with Crippen molar-refractivity contribution in [1.82, 2.24) is 5.32 Å². The summed E-state index contributed by atoms with van der Waals surface area (Å²) in [5.74, 6) is -0.446. The van der Waals surface area contributed by atoms with Gasteiger partial charge in [-0.2, -0.15) is 13.2 Å². The van der Waals surface area contributed by atoms with Gasteiger partial charge in [-0.15, -0.1) is 0 Å². The predicted octanol–water partition coefficient (Wildman–Crippen LogP) is 3.52. The summed E-state index contributed by atoms with van der Waals surface area (Å²) in [4.78, 5) is 10.9. The van der Waals surface area contributed by atoms with Crippen molar-refractivity contribution in [3.05, 3.63) is 58.6 Å². The molecule has 0 saturated heterocycles. The largest absolute Gasteiger partial charge is 0.416 e. The third-order valence-corrected chi connectivity index (χ3v) is 5.01. The van der Waals surface area contributed by atoms with E-state index in [2.05, 4.69) is 10.0 Å². The maximum atomic E-state index is 12.8. The maximum Gasteiger partial charge on any atom is 0.416 e. The first kappa shape index (κ1) is 19.1. The summed E-state index contributed by atoms with van der Waals surface area (Å²) in [5, 5.41) is 2.02. The van der Waals surface area contributed by atoms with Crippen LogP contribution in [-0.2, 0) is 16.2 Å². The van der Waals surface area contributed by atoms with E-state index >= 15 is 0 Å². The molecule has 25 heavy (non-hydrogen) atoms. The molecule has 0 unspecified atom stereocenters. The topological polar surface area (TPSA) is 75.3 Å². The number of hydrogen-bond acceptors (Lipinski definition) is 3. The molecule has 1 amide bonds. The normalized spacial score (nSPS) is 11.9. The van der Waals surface area contributed by atoms with E-state index in [-0.39, 0.29) is 16.3 Å². The molecule has 0 fully saturated rings. The Morgan fingerprint density at radius 2 is 1.80 bits per heavy atom. The molecule has 0 saturated carbocycles. The number of benzene rings is 2. The standard InChI is InChI=1S/C15H12ClF3N2O3S/c1-20-14(22)9-3-2-4-11(7-9)21-25(23,24)13-8-10(15(17,18)19)5-6-12(13)16/h2-8,21H,1H3,(H,20,22). The molecule has 5 nitrogen and oxygen atoms in total. The highest BCUT2D eigenvalue weighted by Gasteiger charge is 2.32. The highest BCUT2D eigenvalue weighted by molar-refractivity contribution is 7.92. The van der Waals surface area contributed by atoms with Gasteiger partial charge >= 0.3 is 6.18 Å². The van der Waals surface area contributed by atoms with E-state index in [1.165, 1.54) is 31.3 Å². The minimum atomic E-state index is -4.71. The van der Waals surface area contributed by atoms with Crippen LogP contribution in [0.3, 0.4) is 0 Å². The van der Waals surface area contributed by atoms with Crippen LogP contribution in [0, 0.1) is 0 Å². The Morgan fingerprint density at radius 1 is 1.12 bits per heavy atom. The molecular formula is C15H12ClF3N2O3S. The van der Waals surface area contributed by atoms with Crippen LogP contribution in [0.25, 0.3) is 0 Å². The lowest BCUT2D eigenvalue weighted by molar-refractivity contribution is -0.137. The van der Waals surface area contributed by atoms with E-state index in [0.29, 0.717) is 12.1 Å². The van der Waals surface area contributed by atoms with Crippen molar-refractivity contribution >= 4 is 33.2 Å². The van der Waals surface area contributed by atoms with E-state index in [1.807, 2.05) is 0 Å². The van der Waals surface area contributed by atoms with Crippen molar-refractivity contribution in [2.45, 2.75) is 11.1 Å². The zero-order chi connectivity index (χ0) is 18.8. The summed E-state index contributed by atoms with van der Waals surface area (Å²) in [6.07, 6.45) is -4.71. The molecule has 0 heterocycles. The fourth-order valence-corrected chi connectivity index (χ4v) is 3.54. The number of amides is 1. The second kappa shape index (κ2) is 6.93. The number of anilines is 1. The highest BCUT2D eigenvalue weighted by Crippen LogP contribution is 2.34. The molecule has 2 aromatic carbocycles. The van der Waals surface area contributed by atoms with Gasteiger partial charge in [0, 0.05) is 18.3 Å². The summed E-state index contributed by atoms with van der Waals surface area (Å²) >= 11 is 5.75. The first-order chi connectivity index (χ1) is 11.5. The van der Waals surface area contributed by atoms with Crippen molar-refractivity contribution in [2.75, 3.05) is 11.8 Å². The van der Waals surface area contributed by atoms with Crippen LogP contribution < -0.4 is 10.0 Å². The minimum absolute atomic E-state index is 0.00887. The number of hydrogen-bond donors (Lipinski definition) is 2. The zero-order valence-electron chi connectivity index (χ0n) is 12.7. The van der Waals surface area contributed by atoms with E-state index in [1.54, 1.807) is 0 Å². The number of carbonyl (C=O) groups is 1. The minimum Gasteiger partial charge on any atom is -0.355 e. The van der Waals surface area contributed by atoms with E-state index in [0.717, 1.165) is 6.07 Å². The number of carbonyl (C=O) groups excluding carboxylic acids is 1. The van der Waals surface area contributed by atoms with Crippen LogP contribution in [0.1, 0.15) is 15.9 Å². The van der Waals surface area contributed by atoms with Gasteiger partial charge in [0.25, 0.3) is 15.9 Å². The van der Waals surface area contributed by atoms with Crippen molar-refractivity contribution < 1.29 is 26.4 Å². The molecule has 0 aliphatic rings. The first-order valence-corrected chi connectivity index (χ1v) is 8.62. The van der Waals surface area contributed by atoms with Crippen molar-refractivity contribution in [3.63, 3.8) is 0 Å². The highest BCUT2D eigenvalue weighted by atomic mass is 35.5. The van der Waals surface area contributed by atoms with Gasteiger partial charge in [-0.05, 0) is 36.4 Å². The van der Waals surface area contributed by atoms with Gasteiger partial charge in [0.15, 0.2) is 0 Å². The monoisotopic (exact) mass is 392 g/mol. The molecule has 0 aromatic heterocycles.